The van der Waals surface area contributed by atoms with Gasteiger partial charge >= 0.3 is 0 Å². The third-order valence-corrected chi connectivity index (χ3v) is 5.02. The second-order valence-corrected chi connectivity index (χ2v) is 6.93. The fourth-order valence-corrected chi connectivity index (χ4v) is 3.52. The molecule has 3 rings (SSSR count). The predicted molar refractivity (Wildman–Crippen MR) is 113 cm³/mol. The molecule has 2 aromatic carbocycles. The summed E-state index contributed by atoms with van der Waals surface area (Å²) in [6, 6.07) is 17.2. The van der Waals surface area contributed by atoms with E-state index in [0.29, 0.717) is 6.04 Å². The van der Waals surface area contributed by atoms with Gasteiger partial charge in [-0.05, 0) is 41.8 Å². The molecule has 25 heavy (non-hydrogen) atoms. The van der Waals surface area contributed by atoms with Gasteiger partial charge in [0.1, 0.15) is 0 Å². The number of nitrogens with one attached hydrogen (secondary N) is 1. The lowest BCUT2D eigenvalue weighted by Gasteiger charge is -2.39. The molecule has 1 heterocycles. The second kappa shape index (κ2) is 10.6. The summed E-state index contributed by atoms with van der Waals surface area (Å²) in [7, 11) is 0. The molecule has 2 nitrogen and oxygen atoms in total. The average molecular weight is 422 g/mol. The molecule has 1 N–H and O–H groups in total. The first-order chi connectivity index (χ1) is 11.2. The summed E-state index contributed by atoms with van der Waals surface area (Å²) in [6.07, 6.45) is 1.14. The first-order valence-electron chi connectivity index (χ1n) is 8.15. The maximum Gasteiger partial charge on any atom is 0.0602 e. The Balaban J connectivity index is 0.00000156. The average Bonchev–Trinajstić information content (AvgIpc) is 2.59. The van der Waals surface area contributed by atoms with Crippen LogP contribution in [0.15, 0.2) is 48.5 Å². The zero-order valence-corrected chi connectivity index (χ0v) is 17.3. The third kappa shape index (κ3) is 5.75. The number of hydrogen-bond donors (Lipinski definition) is 1. The van der Waals surface area contributed by atoms with E-state index < -0.39 is 0 Å². The van der Waals surface area contributed by atoms with Crippen LogP contribution >= 0.6 is 48.0 Å². The Morgan fingerprint density at radius 2 is 1.44 bits per heavy atom. The summed E-state index contributed by atoms with van der Waals surface area (Å²) in [5, 5.41) is 5.14. The van der Waals surface area contributed by atoms with E-state index in [1.165, 1.54) is 11.1 Å². The number of halogens is 4. The summed E-state index contributed by atoms with van der Waals surface area (Å²) >= 11 is 12.1. The molecule has 1 fully saturated rings. The second-order valence-electron chi connectivity index (χ2n) is 6.06. The van der Waals surface area contributed by atoms with Gasteiger partial charge in [-0.1, -0.05) is 54.4 Å². The molecule has 138 valence electrons. The van der Waals surface area contributed by atoms with Gasteiger partial charge in [0.25, 0.3) is 0 Å². The minimum absolute atomic E-state index is 0. The molecule has 0 amide bonds. The van der Waals surface area contributed by atoms with Gasteiger partial charge < -0.3 is 5.32 Å². The van der Waals surface area contributed by atoms with E-state index in [1.54, 1.807) is 0 Å². The van der Waals surface area contributed by atoms with Gasteiger partial charge in [0, 0.05) is 35.7 Å². The maximum absolute atomic E-state index is 6.07. The van der Waals surface area contributed by atoms with E-state index in [-0.39, 0.29) is 30.9 Å². The Labute approximate surface area is 172 Å². The Hall–Kier alpha value is -0.480. The molecule has 0 aromatic heterocycles. The Morgan fingerprint density at radius 3 is 1.88 bits per heavy atom. The molecule has 1 saturated heterocycles. The van der Waals surface area contributed by atoms with Gasteiger partial charge in [0.05, 0.1) is 6.04 Å². The summed E-state index contributed by atoms with van der Waals surface area (Å²) in [4.78, 5) is 2.55. The van der Waals surface area contributed by atoms with Crippen LogP contribution in [0.1, 0.15) is 30.5 Å². The number of hydrogen-bond acceptors (Lipinski definition) is 2. The van der Waals surface area contributed by atoms with Gasteiger partial charge in [-0.25, -0.2) is 0 Å². The van der Waals surface area contributed by atoms with Crippen molar-refractivity contribution in [1.82, 2.24) is 10.2 Å². The fourth-order valence-electron chi connectivity index (χ4n) is 3.26. The summed E-state index contributed by atoms with van der Waals surface area (Å²) in [5.41, 5.74) is 2.54. The molecule has 0 spiro atoms. The zero-order chi connectivity index (χ0) is 16.2. The molecule has 6 heteroatoms. The molecule has 2 aromatic rings. The zero-order valence-electron chi connectivity index (χ0n) is 14.1. The fraction of sp³-hybridized carbons (Fsp3) is 0.368. The lowest BCUT2D eigenvalue weighted by molar-refractivity contribution is 0.162. The quantitative estimate of drug-likeness (QED) is 0.689. The van der Waals surface area contributed by atoms with E-state index in [9.17, 15) is 0 Å². The van der Waals surface area contributed by atoms with Crippen molar-refractivity contribution in [2.24, 2.45) is 0 Å². The van der Waals surface area contributed by atoms with Crippen molar-refractivity contribution in [3.63, 3.8) is 0 Å². The van der Waals surface area contributed by atoms with Crippen LogP contribution in [0, 0.1) is 0 Å². The molecule has 0 saturated carbocycles. The van der Waals surface area contributed by atoms with Crippen molar-refractivity contribution in [3.8, 4) is 0 Å². The number of piperazine rings is 1. The summed E-state index contributed by atoms with van der Waals surface area (Å²) < 4.78 is 0. The highest BCUT2D eigenvalue weighted by Crippen LogP contribution is 2.31. The monoisotopic (exact) mass is 420 g/mol. The van der Waals surface area contributed by atoms with E-state index >= 15 is 0 Å². The van der Waals surface area contributed by atoms with E-state index in [4.69, 9.17) is 23.2 Å². The highest BCUT2D eigenvalue weighted by atomic mass is 35.5. The normalized spacial score (nSPS) is 17.7. The van der Waals surface area contributed by atoms with Crippen LogP contribution in [0.4, 0.5) is 0 Å². The number of benzene rings is 2. The van der Waals surface area contributed by atoms with E-state index in [2.05, 4.69) is 41.4 Å². The standard InChI is InChI=1S/C19H22Cl2N2.2ClH/c1-2-18-13-23(12-11-22-18)19(14-3-7-16(20)8-4-14)15-5-9-17(21)10-6-15;;/h3-10,18-19,22H,2,11-13H2,1H3;2*1H/t18-;;/m0../s1. The van der Waals surface area contributed by atoms with Crippen LogP contribution in [0.2, 0.25) is 10.0 Å². The van der Waals surface area contributed by atoms with Crippen molar-refractivity contribution in [2.75, 3.05) is 19.6 Å². The number of nitrogens with zero attached hydrogens (tertiary/aromatic N) is 1. The molecule has 0 unspecified atom stereocenters. The first kappa shape index (κ1) is 22.6. The highest BCUT2D eigenvalue weighted by molar-refractivity contribution is 6.30. The lowest BCUT2D eigenvalue weighted by Crippen LogP contribution is -2.51. The molecule has 1 aliphatic rings. The van der Waals surface area contributed by atoms with Gasteiger partial charge in [-0.15, -0.1) is 24.8 Å². The van der Waals surface area contributed by atoms with Crippen molar-refractivity contribution < 1.29 is 0 Å². The molecule has 1 atom stereocenters. The van der Waals surface area contributed by atoms with Crippen LogP contribution in [-0.2, 0) is 0 Å². The van der Waals surface area contributed by atoms with Crippen LogP contribution in [0.25, 0.3) is 0 Å². The lowest BCUT2D eigenvalue weighted by atomic mass is 9.95. The van der Waals surface area contributed by atoms with Crippen LogP contribution < -0.4 is 5.32 Å². The third-order valence-electron chi connectivity index (χ3n) is 4.52. The highest BCUT2D eigenvalue weighted by Gasteiger charge is 2.27. The molecular weight excluding hydrogens is 398 g/mol. The van der Waals surface area contributed by atoms with Crippen LogP contribution in [0.5, 0.6) is 0 Å². The smallest absolute Gasteiger partial charge is 0.0602 e. The summed E-state index contributed by atoms with van der Waals surface area (Å²) in [5.74, 6) is 0. The van der Waals surface area contributed by atoms with Crippen LogP contribution in [0.3, 0.4) is 0 Å². The van der Waals surface area contributed by atoms with Crippen molar-refractivity contribution in [3.05, 3.63) is 69.7 Å². The molecule has 0 radical (unpaired) electrons. The van der Waals surface area contributed by atoms with Crippen molar-refractivity contribution >= 4 is 48.0 Å². The molecular formula is C19H24Cl4N2. The minimum atomic E-state index is 0. The maximum atomic E-state index is 6.07. The Morgan fingerprint density at radius 1 is 0.960 bits per heavy atom. The van der Waals surface area contributed by atoms with Crippen molar-refractivity contribution in [2.45, 2.75) is 25.4 Å². The summed E-state index contributed by atoms with van der Waals surface area (Å²) in [6.45, 7) is 5.34. The van der Waals surface area contributed by atoms with E-state index in [0.717, 1.165) is 36.1 Å². The largest absolute Gasteiger partial charge is 0.311 e. The molecule has 0 aliphatic carbocycles. The Bertz CT molecular complexity index is 585. The van der Waals surface area contributed by atoms with Gasteiger partial charge in [-0.3, -0.25) is 4.90 Å². The minimum Gasteiger partial charge on any atom is -0.311 e. The molecule has 0 bridgehead atoms. The van der Waals surface area contributed by atoms with Gasteiger partial charge in [-0.2, -0.15) is 0 Å². The Kier molecular flexibility index (Phi) is 9.58. The van der Waals surface area contributed by atoms with Gasteiger partial charge in [0.15, 0.2) is 0 Å². The van der Waals surface area contributed by atoms with Crippen LogP contribution in [-0.4, -0.2) is 30.6 Å². The first-order valence-corrected chi connectivity index (χ1v) is 8.91. The SMILES string of the molecule is CC[C@H]1CN(C(c2ccc(Cl)cc2)c2ccc(Cl)cc2)CCN1.Cl.Cl. The van der Waals surface area contributed by atoms with Crippen molar-refractivity contribution in [1.29, 1.82) is 0 Å². The topological polar surface area (TPSA) is 15.3 Å². The number of rotatable bonds is 4. The van der Waals surface area contributed by atoms with Gasteiger partial charge in [0.2, 0.25) is 0 Å². The molecule has 1 aliphatic heterocycles. The predicted octanol–water partition coefficient (Wildman–Crippen LogP) is 5.61. The van der Waals surface area contributed by atoms with E-state index in [1.807, 2.05) is 24.3 Å².